The molecule has 2 aromatic rings. The molecule has 2 aliphatic heterocycles. The number of hydrogen-bond acceptors (Lipinski definition) is 4. The van der Waals surface area contributed by atoms with Crippen LogP contribution >= 0.6 is 0 Å². The molecule has 0 spiro atoms. The van der Waals surface area contributed by atoms with E-state index in [9.17, 15) is 4.39 Å². The molecule has 2 aliphatic rings. The van der Waals surface area contributed by atoms with E-state index in [1.807, 2.05) is 18.2 Å². The van der Waals surface area contributed by atoms with Crippen LogP contribution in [0.3, 0.4) is 0 Å². The molecule has 0 amide bonds. The molecule has 0 radical (unpaired) electrons. The lowest BCUT2D eigenvalue weighted by atomic mass is 9.87. The van der Waals surface area contributed by atoms with Crippen LogP contribution in [0.2, 0.25) is 0 Å². The highest BCUT2D eigenvalue weighted by molar-refractivity contribution is 5.89. The van der Waals surface area contributed by atoms with E-state index < -0.39 is 0 Å². The molecular formula is C23H25FN2O2. The highest BCUT2D eigenvalue weighted by Crippen LogP contribution is 2.40. The maximum Gasteiger partial charge on any atom is 0.231 e. The van der Waals surface area contributed by atoms with Crippen LogP contribution in [0.1, 0.15) is 45.2 Å². The number of benzene rings is 2. The maximum absolute atomic E-state index is 14.9. The Labute approximate surface area is 165 Å². The van der Waals surface area contributed by atoms with E-state index in [1.54, 1.807) is 18.3 Å². The third-order valence-electron chi connectivity index (χ3n) is 5.25. The fourth-order valence-electron chi connectivity index (χ4n) is 3.96. The third-order valence-corrected chi connectivity index (χ3v) is 5.25. The molecule has 0 fully saturated rings. The van der Waals surface area contributed by atoms with E-state index >= 15 is 0 Å². The van der Waals surface area contributed by atoms with Crippen LogP contribution < -0.4 is 14.4 Å². The monoisotopic (exact) mass is 380 g/mol. The van der Waals surface area contributed by atoms with Crippen molar-refractivity contribution in [3.8, 4) is 11.5 Å². The van der Waals surface area contributed by atoms with Crippen molar-refractivity contribution in [2.45, 2.75) is 39.7 Å². The molecule has 0 atom stereocenters. The Balaban J connectivity index is 1.70. The highest BCUT2D eigenvalue weighted by atomic mass is 19.1. The minimum Gasteiger partial charge on any atom is -0.454 e. The third kappa shape index (κ3) is 3.26. The number of halogens is 1. The molecule has 0 N–H and O–H groups in total. The van der Waals surface area contributed by atoms with Crippen molar-refractivity contribution >= 4 is 23.2 Å². The Bertz CT molecular complexity index is 979. The standard InChI is InChI=1S/C23H25FN2O2/c1-5-8-26-20-11-19(24)16(9-18(20)15(2)12-23(26,3)4)13-25-17-6-7-21-22(10-17)28-14-27-21/h6-7,9-13H,5,8,14H2,1-4H3. The first-order valence-electron chi connectivity index (χ1n) is 9.64. The van der Waals surface area contributed by atoms with Gasteiger partial charge in [-0.05, 0) is 57.0 Å². The van der Waals surface area contributed by atoms with E-state index in [-0.39, 0.29) is 18.1 Å². The lowest BCUT2D eigenvalue weighted by Crippen LogP contribution is -2.45. The molecule has 146 valence electrons. The van der Waals surface area contributed by atoms with Crippen molar-refractivity contribution < 1.29 is 13.9 Å². The van der Waals surface area contributed by atoms with Gasteiger partial charge in [-0.15, -0.1) is 0 Å². The van der Waals surface area contributed by atoms with Crippen LogP contribution in [-0.4, -0.2) is 25.1 Å². The van der Waals surface area contributed by atoms with Gasteiger partial charge in [-0.25, -0.2) is 4.39 Å². The van der Waals surface area contributed by atoms with Gasteiger partial charge in [0.2, 0.25) is 6.79 Å². The van der Waals surface area contributed by atoms with Crippen LogP contribution in [0.5, 0.6) is 11.5 Å². The van der Waals surface area contributed by atoms with Crippen LogP contribution in [0.15, 0.2) is 41.4 Å². The zero-order chi connectivity index (χ0) is 19.9. The van der Waals surface area contributed by atoms with Crippen molar-refractivity contribution in [3.63, 3.8) is 0 Å². The van der Waals surface area contributed by atoms with Gasteiger partial charge in [0.05, 0.1) is 11.2 Å². The summed E-state index contributed by atoms with van der Waals surface area (Å²) in [5, 5.41) is 0. The summed E-state index contributed by atoms with van der Waals surface area (Å²) in [6.45, 7) is 9.67. The first kappa shape index (κ1) is 18.5. The van der Waals surface area contributed by atoms with Gasteiger partial charge in [0.15, 0.2) is 11.5 Å². The molecule has 5 heteroatoms. The topological polar surface area (TPSA) is 34.1 Å². The Morgan fingerprint density at radius 3 is 2.75 bits per heavy atom. The summed E-state index contributed by atoms with van der Waals surface area (Å²) in [5.74, 6) is 1.10. The summed E-state index contributed by atoms with van der Waals surface area (Å²) in [7, 11) is 0. The van der Waals surface area contributed by atoms with E-state index in [0.717, 1.165) is 29.8 Å². The van der Waals surface area contributed by atoms with Gasteiger partial charge in [0, 0.05) is 35.6 Å². The lowest BCUT2D eigenvalue weighted by Gasteiger charge is -2.43. The van der Waals surface area contributed by atoms with E-state index in [0.29, 0.717) is 22.7 Å². The first-order valence-corrected chi connectivity index (χ1v) is 9.64. The second kappa shape index (κ2) is 6.97. The molecule has 4 rings (SSSR count). The predicted octanol–water partition coefficient (Wildman–Crippen LogP) is 5.72. The maximum atomic E-state index is 14.9. The van der Waals surface area contributed by atoms with Crippen molar-refractivity contribution in [1.82, 2.24) is 0 Å². The van der Waals surface area contributed by atoms with Crippen molar-refractivity contribution in [3.05, 3.63) is 53.4 Å². The number of aliphatic imine (C=N–C) groups is 1. The van der Waals surface area contributed by atoms with E-state index in [4.69, 9.17) is 9.47 Å². The zero-order valence-electron chi connectivity index (χ0n) is 16.8. The molecule has 0 aromatic heterocycles. The second-order valence-corrected chi connectivity index (χ2v) is 7.82. The molecule has 0 saturated heterocycles. The Morgan fingerprint density at radius 2 is 1.96 bits per heavy atom. The van der Waals surface area contributed by atoms with Gasteiger partial charge >= 0.3 is 0 Å². The van der Waals surface area contributed by atoms with Gasteiger partial charge in [-0.2, -0.15) is 0 Å². The molecule has 0 unspecified atom stereocenters. The molecule has 0 aliphatic carbocycles. The number of hydrogen-bond donors (Lipinski definition) is 0. The zero-order valence-corrected chi connectivity index (χ0v) is 16.8. The van der Waals surface area contributed by atoms with Crippen molar-refractivity contribution in [2.75, 3.05) is 18.2 Å². The smallest absolute Gasteiger partial charge is 0.231 e. The Kier molecular flexibility index (Phi) is 4.61. The summed E-state index contributed by atoms with van der Waals surface area (Å²) >= 11 is 0. The molecule has 28 heavy (non-hydrogen) atoms. The number of allylic oxidation sites excluding steroid dienone is 1. The molecule has 2 heterocycles. The minimum atomic E-state index is -0.269. The van der Waals surface area contributed by atoms with Gasteiger partial charge in [0.1, 0.15) is 5.82 Å². The summed E-state index contributed by atoms with van der Waals surface area (Å²) in [6.07, 6.45) is 4.83. The quantitative estimate of drug-likeness (QED) is 0.637. The fourth-order valence-corrected chi connectivity index (χ4v) is 3.96. The fraction of sp³-hybridized carbons (Fsp3) is 0.348. The lowest BCUT2D eigenvalue weighted by molar-refractivity contribution is 0.174. The SMILES string of the molecule is CCCN1c2cc(F)c(C=Nc3ccc4c(c3)OCO4)cc2C(C)=CC1(C)C. The van der Waals surface area contributed by atoms with Gasteiger partial charge < -0.3 is 14.4 Å². The summed E-state index contributed by atoms with van der Waals surface area (Å²) < 4.78 is 25.6. The minimum absolute atomic E-state index is 0.137. The number of nitrogens with zero attached hydrogens (tertiary/aromatic N) is 2. The Hall–Kier alpha value is -2.82. The molecular weight excluding hydrogens is 355 g/mol. The van der Waals surface area contributed by atoms with Crippen molar-refractivity contribution in [1.29, 1.82) is 0 Å². The number of rotatable bonds is 4. The predicted molar refractivity (Wildman–Crippen MR) is 112 cm³/mol. The van der Waals surface area contributed by atoms with Gasteiger partial charge in [-0.3, -0.25) is 4.99 Å². The molecule has 2 aromatic carbocycles. The first-order chi connectivity index (χ1) is 13.4. The highest BCUT2D eigenvalue weighted by Gasteiger charge is 2.31. The molecule has 0 saturated carbocycles. The van der Waals surface area contributed by atoms with Gasteiger partial charge in [0.25, 0.3) is 0 Å². The molecule has 4 nitrogen and oxygen atoms in total. The summed E-state index contributed by atoms with van der Waals surface area (Å²) in [6, 6.07) is 8.98. The normalized spacial score (nSPS) is 17.0. The Morgan fingerprint density at radius 1 is 1.18 bits per heavy atom. The van der Waals surface area contributed by atoms with Gasteiger partial charge in [-0.1, -0.05) is 13.0 Å². The van der Waals surface area contributed by atoms with E-state index in [2.05, 4.69) is 43.7 Å². The number of fused-ring (bicyclic) bond motifs is 2. The number of ether oxygens (including phenoxy) is 2. The van der Waals surface area contributed by atoms with Crippen LogP contribution in [0, 0.1) is 5.82 Å². The van der Waals surface area contributed by atoms with E-state index in [1.165, 1.54) is 0 Å². The van der Waals surface area contributed by atoms with Crippen LogP contribution in [0.4, 0.5) is 15.8 Å². The largest absolute Gasteiger partial charge is 0.454 e. The summed E-state index contributed by atoms with van der Waals surface area (Å²) in [4.78, 5) is 6.71. The molecule has 0 bridgehead atoms. The summed E-state index contributed by atoms with van der Waals surface area (Å²) in [5.41, 5.74) is 4.19. The average molecular weight is 380 g/mol. The second-order valence-electron chi connectivity index (χ2n) is 7.82. The van der Waals surface area contributed by atoms with Crippen LogP contribution in [-0.2, 0) is 0 Å². The van der Waals surface area contributed by atoms with Crippen molar-refractivity contribution in [2.24, 2.45) is 4.99 Å². The average Bonchev–Trinajstić information content (AvgIpc) is 3.11. The van der Waals surface area contributed by atoms with Crippen LogP contribution in [0.25, 0.3) is 5.57 Å². The number of anilines is 1.